The number of benzene rings is 1. The number of pyridine rings is 2. The number of hydrogen-bond acceptors (Lipinski definition) is 6. The molecule has 0 saturated heterocycles. The third kappa shape index (κ3) is 4.89. The smallest absolute Gasteiger partial charge is 0.303 e. The SMILES string of the molecule is Cc1cc(C2=NC(C(=O)Nc3cn4cc(CCC(=O)O)nc4cc3-c3ccccc3)CO2)ccn1. The molecule has 0 bridgehead atoms. The zero-order valence-electron chi connectivity index (χ0n) is 19.0. The minimum absolute atomic E-state index is 0.00195. The molecule has 1 unspecified atom stereocenters. The summed E-state index contributed by atoms with van der Waals surface area (Å²) in [5, 5.41) is 12.0. The van der Waals surface area contributed by atoms with Crippen LogP contribution in [0.1, 0.15) is 23.4 Å². The van der Waals surface area contributed by atoms with Crippen molar-refractivity contribution in [1.29, 1.82) is 0 Å². The lowest BCUT2D eigenvalue weighted by atomic mass is 10.1. The van der Waals surface area contributed by atoms with Gasteiger partial charge in [0.1, 0.15) is 12.3 Å². The number of imidazole rings is 1. The summed E-state index contributed by atoms with van der Waals surface area (Å²) in [5.74, 6) is -0.735. The van der Waals surface area contributed by atoms with Gasteiger partial charge < -0.3 is 19.6 Å². The van der Waals surface area contributed by atoms with Crippen LogP contribution in [0.2, 0.25) is 0 Å². The normalized spacial score (nSPS) is 15.0. The van der Waals surface area contributed by atoms with E-state index in [0.29, 0.717) is 29.3 Å². The van der Waals surface area contributed by atoms with E-state index in [4.69, 9.17) is 9.84 Å². The Bertz CT molecular complexity index is 1440. The van der Waals surface area contributed by atoms with Crippen molar-refractivity contribution in [3.8, 4) is 11.1 Å². The van der Waals surface area contributed by atoms with Gasteiger partial charge in [0, 0.05) is 41.8 Å². The second-order valence-electron chi connectivity index (χ2n) is 8.29. The van der Waals surface area contributed by atoms with Crippen molar-refractivity contribution in [3.05, 3.63) is 84.1 Å². The summed E-state index contributed by atoms with van der Waals surface area (Å²) in [6, 6.07) is 14.5. The van der Waals surface area contributed by atoms with E-state index in [1.54, 1.807) is 29.1 Å². The number of fused-ring (bicyclic) bond motifs is 1. The number of carbonyl (C=O) groups is 2. The molecule has 3 aromatic heterocycles. The Morgan fingerprint density at radius 3 is 2.74 bits per heavy atom. The summed E-state index contributed by atoms with van der Waals surface area (Å²) in [5.41, 5.74) is 5.27. The third-order valence-corrected chi connectivity index (χ3v) is 5.68. The predicted octanol–water partition coefficient (Wildman–Crippen LogP) is 3.51. The molecule has 4 heterocycles. The number of nitrogens with one attached hydrogen (secondary N) is 1. The fourth-order valence-corrected chi connectivity index (χ4v) is 3.96. The fourth-order valence-electron chi connectivity index (χ4n) is 3.96. The Morgan fingerprint density at radius 1 is 1.14 bits per heavy atom. The number of carbonyl (C=O) groups excluding carboxylic acids is 1. The number of carboxylic acid groups (broad SMARTS) is 1. The number of aliphatic carboxylic acids is 1. The van der Waals surface area contributed by atoms with Crippen LogP contribution < -0.4 is 5.32 Å². The largest absolute Gasteiger partial charge is 0.481 e. The van der Waals surface area contributed by atoms with Crippen molar-refractivity contribution in [2.45, 2.75) is 25.8 Å². The molecule has 35 heavy (non-hydrogen) atoms. The van der Waals surface area contributed by atoms with Gasteiger partial charge in [0.25, 0.3) is 5.91 Å². The molecule has 1 aliphatic heterocycles. The topological polar surface area (TPSA) is 118 Å². The van der Waals surface area contributed by atoms with Crippen molar-refractivity contribution in [3.63, 3.8) is 0 Å². The molecule has 5 rings (SSSR count). The zero-order chi connectivity index (χ0) is 24.4. The Labute approximate surface area is 201 Å². The van der Waals surface area contributed by atoms with E-state index in [-0.39, 0.29) is 18.9 Å². The van der Waals surface area contributed by atoms with Crippen LogP contribution in [0.3, 0.4) is 0 Å². The van der Waals surface area contributed by atoms with Crippen molar-refractivity contribution < 1.29 is 19.4 Å². The molecule has 0 radical (unpaired) electrons. The Kier molecular flexibility index (Phi) is 5.97. The predicted molar refractivity (Wildman–Crippen MR) is 130 cm³/mol. The number of amides is 1. The first-order chi connectivity index (χ1) is 17.0. The van der Waals surface area contributed by atoms with E-state index in [0.717, 1.165) is 22.4 Å². The highest BCUT2D eigenvalue weighted by molar-refractivity contribution is 6.03. The van der Waals surface area contributed by atoms with Crippen LogP contribution in [-0.4, -0.2) is 49.9 Å². The zero-order valence-corrected chi connectivity index (χ0v) is 19.0. The van der Waals surface area contributed by atoms with Crippen molar-refractivity contribution in [2.75, 3.05) is 11.9 Å². The number of ether oxygens (including phenoxy) is 1. The number of nitrogens with zero attached hydrogens (tertiary/aromatic N) is 4. The molecule has 0 fully saturated rings. The monoisotopic (exact) mass is 469 g/mol. The maximum absolute atomic E-state index is 13.2. The highest BCUT2D eigenvalue weighted by Crippen LogP contribution is 2.30. The number of carboxylic acids is 1. The minimum Gasteiger partial charge on any atom is -0.481 e. The summed E-state index contributed by atoms with van der Waals surface area (Å²) in [7, 11) is 0. The first-order valence-corrected chi connectivity index (χ1v) is 11.2. The second-order valence-corrected chi connectivity index (χ2v) is 8.29. The lowest BCUT2D eigenvalue weighted by molar-refractivity contribution is -0.137. The molecule has 4 aromatic rings. The minimum atomic E-state index is -0.874. The summed E-state index contributed by atoms with van der Waals surface area (Å²) in [6.07, 6.45) is 5.58. The van der Waals surface area contributed by atoms with Crippen LogP contribution >= 0.6 is 0 Å². The van der Waals surface area contributed by atoms with Gasteiger partial charge in [-0.15, -0.1) is 0 Å². The van der Waals surface area contributed by atoms with Gasteiger partial charge in [-0.3, -0.25) is 14.6 Å². The molecule has 1 amide bonds. The van der Waals surface area contributed by atoms with Crippen LogP contribution in [-0.2, 0) is 20.7 Å². The summed E-state index contributed by atoms with van der Waals surface area (Å²) < 4.78 is 7.49. The molecule has 1 aromatic carbocycles. The molecule has 2 N–H and O–H groups in total. The number of aryl methyl sites for hydroxylation is 2. The van der Waals surface area contributed by atoms with Gasteiger partial charge in [-0.05, 0) is 30.7 Å². The molecule has 9 heteroatoms. The number of aromatic nitrogens is 3. The van der Waals surface area contributed by atoms with E-state index in [2.05, 4.69) is 20.3 Å². The van der Waals surface area contributed by atoms with Crippen LogP contribution in [0.15, 0.2) is 72.1 Å². The van der Waals surface area contributed by atoms with Crippen molar-refractivity contribution in [1.82, 2.24) is 14.4 Å². The fraction of sp³-hybridized carbons (Fsp3) is 0.192. The lowest BCUT2D eigenvalue weighted by Crippen LogP contribution is -2.27. The van der Waals surface area contributed by atoms with Crippen LogP contribution in [0.25, 0.3) is 16.8 Å². The van der Waals surface area contributed by atoms with E-state index < -0.39 is 12.0 Å². The van der Waals surface area contributed by atoms with Gasteiger partial charge in [0.2, 0.25) is 5.90 Å². The average molecular weight is 470 g/mol. The Hall–Kier alpha value is -4.53. The number of anilines is 1. The second kappa shape index (κ2) is 9.38. The van der Waals surface area contributed by atoms with E-state index in [9.17, 15) is 9.59 Å². The molecule has 1 aliphatic rings. The molecular formula is C26H23N5O4. The standard InChI is InChI=1S/C26H23N5O4/c1-16-11-18(9-10-27-16)26-30-22(15-35-26)25(34)29-21-14-31-13-19(7-8-24(32)33)28-23(31)12-20(21)17-5-3-2-4-6-17/h2-6,9-14,22H,7-8,15H2,1H3,(H,29,34)(H,32,33). The summed E-state index contributed by atoms with van der Waals surface area (Å²) in [6.45, 7) is 2.03. The number of aliphatic imine (C=N–C) groups is 1. The Morgan fingerprint density at radius 2 is 1.97 bits per heavy atom. The first kappa shape index (κ1) is 22.3. The molecule has 0 saturated carbocycles. The maximum atomic E-state index is 13.2. The molecule has 9 nitrogen and oxygen atoms in total. The summed E-state index contributed by atoms with van der Waals surface area (Å²) in [4.78, 5) is 37.3. The van der Waals surface area contributed by atoms with Gasteiger partial charge in [-0.25, -0.2) is 9.98 Å². The Balaban J connectivity index is 1.45. The van der Waals surface area contributed by atoms with Crippen molar-refractivity contribution in [2.24, 2.45) is 4.99 Å². The molecule has 176 valence electrons. The van der Waals surface area contributed by atoms with E-state index in [1.165, 1.54) is 0 Å². The maximum Gasteiger partial charge on any atom is 0.303 e. The number of hydrogen-bond donors (Lipinski definition) is 2. The van der Waals surface area contributed by atoms with Gasteiger partial charge in [0.05, 0.1) is 17.8 Å². The van der Waals surface area contributed by atoms with Crippen LogP contribution in [0.5, 0.6) is 0 Å². The first-order valence-electron chi connectivity index (χ1n) is 11.2. The molecule has 0 spiro atoms. The molecular weight excluding hydrogens is 446 g/mol. The van der Waals surface area contributed by atoms with Crippen LogP contribution in [0.4, 0.5) is 5.69 Å². The number of rotatable bonds is 7. The van der Waals surface area contributed by atoms with Gasteiger partial charge in [-0.2, -0.15) is 0 Å². The van der Waals surface area contributed by atoms with E-state index in [1.807, 2.05) is 49.4 Å². The van der Waals surface area contributed by atoms with Crippen molar-refractivity contribution >= 4 is 29.1 Å². The van der Waals surface area contributed by atoms with Gasteiger partial charge >= 0.3 is 5.97 Å². The third-order valence-electron chi connectivity index (χ3n) is 5.68. The average Bonchev–Trinajstić information content (AvgIpc) is 3.50. The lowest BCUT2D eigenvalue weighted by Gasteiger charge is -2.13. The van der Waals surface area contributed by atoms with Crippen LogP contribution in [0, 0.1) is 6.92 Å². The summed E-state index contributed by atoms with van der Waals surface area (Å²) >= 11 is 0. The molecule has 1 atom stereocenters. The van der Waals surface area contributed by atoms with Gasteiger partial charge in [0.15, 0.2) is 6.04 Å². The van der Waals surface area contributed by atoms with E-state index >= 15 is 0 Å². The quantitative estimate of drug-likeness (QED) is 0.428. The van der Waals surface area contributed by atoms with Gasteiger partial charge in [-0.1, -0.05) is 30.3 Å². The highest BCUT2D eigenvalue weighted by Gasteiger charge is 2.27. The molecule has 0 aliphatic carbocycles. The highest BCUT2D eigenvalue weighted by atomic mass is 16.5.